The van der Waals surface area contributed by atoms with E-state index >= 15 is 0 Å². The molecule has 0 spiro atoms. The fourth-order valence-corrected chi connectivity index (χ4v) is 1.12. The Labute approximate surface area is 73.3 Å². The summed E-state index contributed by atoms with van der Waals surface area (Å²) >= 11 is 0. The second kappa shape index (κ2) is 3.70. The van der Waals surface area contributed by atoms with Crippen molar-refractivity contribution in [1.29, 1.82) is 0 Å². The van der Waals surface area contributed by atoms with Gasteiger partial charge in [-0.15, -0.1) is 0 Å². The second-order valence-electron chi connectivity index (χ2n) is 3.67. The fraction of sp³-hybridized carbons (Fsp3) is 0.778. The van der Waals surface area contributed by atoms with Crippen LogP contribution < -0.4 is 5.32 Å². The monoisotopic (exact) mass is 168 g/mol. The molecule has 0 radical (unpaired) electrons. The summed E-state index contributed by atoms with van der Waals surface area (Å²) in [5.74, 6) is 1.57. The zero-order valence-electron chi connectivity index (χ0n) is 7.92. The van der Waals surface area contributed by atoms with Gasteiger partial charge >= 0.3 is 0 Å². The molecule has 1 unspecified atom stereocenters. The Morgan fingerprint density at radius 2 is 2.25 bits per heavy atom. The Morgan fingerprint density at radius 1 is 1.58 bits per heavy atom. The van der Waals surface area contributed by atoms with Crippen molar-refractivity contribution in [3.05, 3.63) is 0 Å². The molecule has 3 nitrogen and oxygen atoms in total. The van der Waals surface area contributed by atoms with Crippen molar-refractivity contribution in [2.75, 3.05) is 0 Å². The van der Waals surface area contributed by atoms with Crippen molar-refractivity contribution in [3.8, 4) is 0 Å². The molecule has 1 atom stereocenters. The first kappa shape index (κ1) is 9.23. The van der Waals surface area contributed by atoms with Crippen molar-refractivity contribution >= 4 is 11.7 Å². The van der Waals surface area contributed by atoms with E-state index in [0.717, 1.165) is 18.7 Å². The van der Waals surface area contributed by atoms with Crippen LogP contribution in [0.1, 0.15) is 33.6 Å². The number of hydrogen-bond acceptors (Lipinski definition) is 2. The zero-order valence-corrected chi connectivity index (χ0v) is 7.92. The highest BCUT2D eigenvalue weighted by atomic mass is 16.2. The van der Waals surface area contributed by atoms with Crippen LogP contribution >= 0.6 is 0 Å². The van der Waals surface area contributed by atoms with Gasteiger partial charge in [0.2, 0.25) is 5.91 Å². The average molecular weight is 168 g/mol. The molecule has 0 fully saturated rings. The number of carbonyl (C=O) groups excluding carboxylic acids is 1. The Kier molecular flexibility index (Phi) is 2.84. The molecule has 1 aliphatic rings. The molecule has 0 saturated heterocycles. The van der Waals surface area contributed by atoms with Crippen LogP contribution in [-0.4, -0.2) is 17.8 Å². The molecule has 1 amide bonds. The summed E-state index contributed by atoms with van der Waals surface area (Å²) in [4.78, 5) is 15.2. The maximum atomic E-state index is 11.0. The van der Waals surface area contributed by atoms with Crippen LogP contribution in [0.15, 0.2) is 4.99 Å². The Hall–Kier alpha value is -0.860. The summed E-state index contributed by atoms with van der Waals surface area (Å²) in [5, 5.41) is 2.77. The molecule has 1 aliphatic heterocycles. The summed E-state index contributed by atoms with van der Waals surface area (Å²) in [6.07, 6.45) is 1.99. The molecule has 3 heteroatoms. The molecule has 0 aromatic heterocycles. The highest BCUT2D eigenvalue weighted by Crippen LogP contribution is 2.08. The van der Waals surface area contributed by atoms with Gasteiger partial charge in [-0.2, -0.15) is 0 Å². The van der Waals surface area contributed by atoms with E-state index < -0.39 is 0 Å². The lowest BCUT2D eigenvalue weighted by Crippen LogP contribution is -2.27. The van der Waals surface area contributed by atoms with Crippen LogP contribution in [0, 0.1) is 5.92 Å². The molecular formula is C9H16N2O. The maximum Gasteiger partial charge on any atom is 0.249 e. The third-order valence-electron chi connectivity index (χ3n) is 1.95. The first-order valence-corrected chi connectivity index (χ1v) is 4.47. The molecule has 0 aromatic rings. The van der Waals surface area contributed by atoms with E-state index in [1.54, 1.807) is 0 Å². The van der Waals surface area contributed by atoms with Gasteiger partial charge in [-0.25, -0.2) is 0 Å². The summed E-state index contributed by atoms with van der Waals surface area (Å²) in [6, 6.07) is -0.174. The van der Waals surface area contributed by atoms with Crippen molar-refractivity contribution in [3.63, 3.8) is 0 Å². The number of nitrogens with zero attached hydrogens (tertiary/aromatic N) is 1. The van der Waals surface area contributed by atoms with Gasteiger partial charge in [0.15, 0.2) is 0 Å². The minimum Gasteiger partial charge on any atom is -0.313 e. The van der Waals surface area contributed by atoms with Gasteiger partial charge in [-0.3, -0.25) is 9.79 Å². The lowest BCUT2D eigenvalue weighted by Gasteiger charge is -2.03. The molecular weight excluding hydrogens is 152 g/mol. The second-order valence-corrected chi connectivity index (χ2v) is 3.67. The standard InChI is InChI=1S/C9H16N2O/c1-6(2)4-5-8-10-7(3)9(12)11-8/h6-7H,4-5H2,1-3H3,(H,10,11,12). The van der Waals surface area contributed by atoms with Gasteiger partial charge < -0.3 is 5.32 Å². The highest BCUT2D eigenvalue weighted by Gasteiger charge is 2.20. The first-order chi connectivity index (χ1) is 5.59. The van der Waals surface area contributed by atoms with Crippen molar-refractivity contribution in [1.82, 2.24) is 5.32 Å². The summed E-state index contributed by atoms with van der Waals surface area (Å²) in [5.41, 5.74) is 0. The van der Waals surface area contributed by atoms with E-state index in [9.17, 15) is 4.79 Å². The number of nitrogens with one attached hydrogen (secondary N) is 1. The van der Waals surface area contributed by atoms with E-state index in [0.29, 0.717) is 5.92 Å². The van der Waals surface area contributed by atoms with Crippen LogP contribution in [0.5, 0.6) is 0 Å². The van der Waals surface area contributed by atoms with E-state index in [-0.39, 0.29) is 11.9 Å². The van der Waals surface area contributed by atoms with Gasteiger partial charge in [-0.1, -0.05) is 13.8 Å². The molecule has 1 rings (SSSR count). The Bertz CT molecular complexity index is 209. The Morgan fingerprint density at radius 3 is 2.67 bits per heavy atom. The molecule has 0 aromatic carbocycles. The quantitative estimate of drug-likeness (QED) is 0.678. The Balaban J connectivity index is 2.35. The van der Waals surface area contributed by atoms with E-state index in [1.807, 2.05) is 6.92 Å². The molecule has 1 N–H and O–H groups in total. The smallest absolute Gasteiger partial charge is 0.249 e. The summed E-state index contributed by atoms with van der Waals surface area (Å²) < 4.78 is 0. The largest absolute Gasteiger partial charge is 0.313 e. The van der Waals surface area contributed by atoms with Gasteiger partial charge in [0.05, 0.1) is 0 Å². The summed E-state index contributed by atoms with van der Waals surface area (Å²) in [6.45, 7) is 6.15. The van der Waals surface area contributed by atoms with Crippen LogP contribution in [0.4, 0.5) is 0 Å². The normalized spacial score (nSPS) is 22.8. The molecule has 12 heavy (non-hydrogen) atoms. The minimum atomic E-state index is -0.174. The molecule has 68 valence electrons. The molecule has 0 aliphatic carbocycles. The lowest BCUT2D eigenvalue weighted by atomic mass is 10.1. The van der Waals surface area contributed by atoms with Gasteiger partial charge in [0.1, 0.15) is 11.9 Å². The van der Waals surface area contributed by atoms with Gasteiger partial charge in [0, 0.05) is 6.42 Å². The third kappa shape index (κ3) is 2.32. The maximum absolute atomic E-state index is 11.0. The van der Waals surface area contributed by atoms with Crippen LogP contribution in [0.25, 0.3) is 0 Å². The number of rotatable bonds is 3. The van der Waals surface area contributed by atoms with Crippen LogP contribution in [0.3, 0.4) is 0 Å². The number of amidine groups is 1. The van der Waals surface area contributed by atoms with Crippen LogP contribution in [0.2, 0.25) is 0 Å². The fourth-order valence-electron chi connectivity index (χ4n) is 1.12. The average Bonchev–Trinajstić information content (AvgIpc) is 2.28. The van der Waals surface area contributed by atoms with Crippen molar-refractivity contribution < 1.29 is 4.79 Å². The lowest BCUT2D eigenvalue weighted by molar-refractivity contribution is -0.119. The molecule has 0 saturated carbocycles. The van der Waals surface area contributed by atoms with Crippen molar-refractivity contribution in [2.45, 2.75) is 39.7 Å². The predicted molar refractivity (Wildman–Crippen MR) is 49.1 cm³/mol. The van der Waals surface area contributed by atoms with E-state index in [1.165, 1.54) is 0 Å². The number of amides is 1. The van der Waals surface area contributed by atoms with Crippen molar-refractivity contribution in [2.24, 2.45) is 10.9 Å². The zero-order chi connectivity index (χ0) is 9.14. The topological polar surface area (TPSA) is 41.5 Å². The van der Waals surface area contributed by atoms with Gasteiger partial charge in [0.25, 0.3) is 0 Å². The van der Waals surface area contributed by atoms with E-state index in [2.05, 4.69) is 24.2 Å². The molecule has 1 heterocycles. The number of aliphatic imine (C=N–C) groups is 1. The summed E-state index contributed by atoms with van der Waals surface area (Å²) in [7, 11) is 0. The molecule has 0 bridgehead atoms. The highest BCUT2D eigenvalue weighted by molar-refractivity contribution is 6.05. The minimum absolute atomic E-state index is 0.0359. The number of carbonyl (C=O) groups is 1. The SMILES string of the molecule is CC(C)CCC1=NC(C)C(=O)N1. The number of hydrogen-bond donors (Lipinski definition) is 1. The van der Waals surface area contributed by atoms with Crippen LogP contribution in [-0.2, 0) is 4.79 Å². The van der Waals surface area contributed by atoms with Gasteiger partial charge in [-0.05, 0) is 19.3 Å². The predicted octanol–water partition coefficient (Wildman–Crippen LogP) is 1.34. The third-order valence-corrected chi connectivity index (χ3v) is 1.95. The van der Waals surface area contributed by atoms with E-state index in [4.69, 9.17) is 0 Å². The first-order valence-electron chi connectivity index (χ1n) is 4.47.